The van der Waals surface area contributed by atoms with Crippen LogP contribution in [-0.2, 0) is 68.4 Å². The highest BCUT2D eigenvalue weighted by molar-refractivity contribution is 9.10. The molecule has 64 heavy (non-hydrogen) atoms. The van der Waals surface area contributed by atoms with Gasteiger partial charge in [0.05, 0.1) is 44.6 Å². The lowest BCUT2D eigenvalue weighted by atomic mass is 10.1. The summed E-state index contributed by atoms with van der Waals surface area (Å²) in [4.78, 5) is 72.3. The van der Waals surface area contributed by atoms with Crippen molar-refractivity contribution in [2.75, 3.05) is 19.8 Å². The minimum absolute atomic E-state index is 0.143. The molecule has 17 heteroatoms. The summed E-state index contributed by atoms with van der Waals surface area (Å²) in [5.74, 6) is -1.35. The lowest BCUT2D eigenvalue weighted by Gasteiger charge is -2.17. The summed E-state index contributed by atoms with van der Waals surface area (Å²) in [7, 11) is 0. The van der Waals surface area contributed by atoms with Crippen molar-refractivity contribution in [1.82, 2.24) is 16.0 Å². The number of carbonyl (C=O) groups excluding carboxylic acids is 6. The predicted octanol–water partition coefficient (Wildman–Crippen LogP) is 8.81. The van der Waals surface area contributed by atoms with Crippen molar-refractivity contribution < 1.29 is 56.1 Å². The molecule has 0 aliphatic carbocycles. The molecule has 1 aromatic heterocycles. The van der Waals surface area contributed by atoms with Crippen molar-refractivity contribution in [3.63, 3.8) is 0 Å². The molecule has 0 bridgehead atoms. The maximum absolute atomic E-state index is 12.7. The third kappa shape index (κ3) is 24.9. The molecule has 12 nitrogen and oxygen atoms in total. The number of benzene rings is 2. The van der Waals surface area contributed by atoms with Crippen molar-refractivity contribution in [3.8, 4) is 0 Å². The summed E-state index contributed by atoms with van der Waals surface area (Å²) in [6, 6.07) is 14.0. The van der Waals surface area contributed by atoms with E-state index in [0.29, 0.717) is 44.8 Å². The highest BCUT2D eigenvalue weighted by atomic mass is 79.9. The van der Waals surface area contributed by atoms with Crippen LogP contribution < -0.4 is 16.0 Å². The number of amides is 3. The smallest absolute Gasteiger partial charge is 0.416 e. The Morgan fingerprint density at radius 1 is 0.578 bits per heavy atom. The number of carbonyl (C=O) groups is 6. The predicted molar refractivity (Wildman–Crippen MR) is 245 cm³/mol. The van der Waals surface area contributed by atoms with E-state index in [0.717, 1.165) is 27.0 Å². The Hall–Kier alpha value is -4.77. The van der Waals surface area contributed by atoms with Gasteiger partial charge in [0.1, 0.15) is 18.1 Å². The van der Waals surface area contributed by atoms with Crippen molar-refractivity contribution in [1.29, 1.82) is 0 Å². The zero-order chi connectivity index (χ0) is 48.4. The van der Waals surface area contributed by atoms with E-state index in [-0.39, 0.29) is 60.6 Å². The molecule has 0 saturated carbocycles. The van der Waals surface area contributed by atoms with Crippen molar-refractivity contribution in [2.45, 2.75) is 125 Å². The first-order valence-electron chi connectivity index (χ1n) is 21.4. The van der Waals surface area contributed by atoms with Gasteiger partial charge in [0, 0.05) is 9.35 Å². The van der Waals surface area contributed by atoms with Gasteiger partial charge in [-0.05, 0) is 77.8 Å². The van der Waals surface area contributed by atoms with Crippen LogP contribution >= 0.6 is 27.3 Å². The van der Waals surface area contributed by atoms with E-state index in [1.807, 2.05) is 97.2 Å². The fourth-order valence-electron chi connectivity index (χ4n) is 5.21. The van der Waals surface area contributed by atoms with Crippen molar-refractivity contribution >= 4 is 62.9 Å². The molecular formula is C47H65BrF3N3O9S. The molecule has 0 radical (unpaired) electrons. The molecule has 3 aromatic rings. The molecule has 3 amide bonds. The van der Waals surface area contributed by atoms with Gasteiger partial charge in [-0.1, -0.05) is 115 Å². The maximum atomic E-state index is 12.7. The summed E-state index contributed by atoms with van der Waals surface area (Å²) >= 11 is 4.90. The van der Waals surface area contributed by atoms with E-state index >= 15 is 0 Å². The lowest BCUT2D eigenvalue weighted by Crippen LogP contribution is -2.42. The number of esters is 3. The number of ether oxygens (including phenoxy) is 3. The maximum Gasteiger partial charge on any atom is 0.416 e. The molecule has 2 aromatic carbocycles. The highest BCUT2D eigenvalue weighted by Crippen LogP contribution is 2.29. The monoisotopic (exact) mass is 983 g/mol. The summed E-state index contributed by atoms with van der Waals surface area (Å²) in [6.07, 6.45) is -2.75. The van der Waals surface area contributed by atoms with E-state index < -0.39 is 41.7 Å². The van der Waals surface area contributed by atoms with Crippen LogP contribution in [0.5, 0.6) is 0 Å². The van der Waals surface area contributed by atoms with Gasteiger partial charge in [-0.3, -0.25) is 14.4 Å². The van der Waals surface area contributed by atoms with E-state index in [1.54, 1.807) is 6.92 Å². The van der Waals surface area contributed by atoms with Gasteiger partial charge in [-0.2, -0.15) is 13.2 Å². The SMILES string of the molecule is CCC(NC(=O)Cc1cccc(Br)c1)C(=O)OCC(C)C.CCC(NC(=O)Cc1cccc(C(F)(F)F)c1)C(=O)OCC(C)C.CCC(NC(=O)Cc1cccs1)C(=O)OCC(C)C. The lowest BCUT2D eigenvalue weighted by molar-refractivity contribution is -0.149. The van der Waals surface area contributed by atoms with Crippen molar-refractivity contribution in [2.24, 2.45) is 17.8 Å². The molecule has 0 aliphatic rings. The Kier molecular flexibility index (Phi) is 27.2. The number of halogens is 4. The fraction of sp³-hybridized carbons (Fsp3) is 0.532. The Balaban J connectivity index is 0.000000483. The van der Waals surface area contributed by atoms with Gasteiger partial charge in [0.15, 0.2) is 0 Å². The van der Waals surface area contributed by atoms with Gasteiger partial charge in [-0.15, -0.1) is 11.3 Å². The normalized spacial score (nSPS) is 12.4. The zero-order valence-corrected chi connectivity index (χ0v) is 40.7. The fourth-order valence-corrected chi connectivity index (χ4v) is 6.36. The molecule has 0 aliphatic heterocycles. The minimum Gasteiger partial charge on any atom is -0.464 e. The van der Waals surface area contributed by atoms with Crippen LogP contribution in [0.15, 0.2) is 70.5 Å². The number of rotatable bonds is 21. The second-order valence-electron chi connectivity index (χ2n) is 16.1. The Labute approximate surface area is 388 Å². The third-order valence-electron chi connectivity index (χ3n) is 8.55. The topological polar surface area (TPSA) is 166 Å². The summed E-state index contributed by atoms with van der Waals surface area (Å²) in [5, 5.41) is 9.88. The molecule has 3 rings (SSSR count). The van der Waals surface area contributed by atoms with Crippen LogP contribution in [0.2, 0.25) is 0 Å². The van der Waals surface area contributed by atoms with Gasteiger partial charge < -0.3 is 30.2 Å². The Morgan fingerprint density at radius 2 is 0.969 bits per heavy atom. The Bertz CT molecular complexity index is 1890. The molecular weight excluding hydrogens is 919 g/mol. The van der Waals surface area contributed by atoms with E-state index in [4.69, 9.17) is 14.2 Å². The standard InChI is InChI=1S/C17H22F3NO3.C16H22BrNO3.C14H21NO3S/c1-4-14(16(23)24-10-11(2)3)21-15(22)9-12-6-5-7-13(8-12)17(18,19)20;1-4-14(16(20)21-10-11(2)3)18-15(19)9-12-6-5-7-13(17)8-12;1-4-12(14(17)18-9-10(2)3)15-13(16)8-11-6-5-7-19-11/h5-8,11,14H,4,9-10H2,1-3H3,(H,21,22);5-8,11,14H,4,9-10H2,1-3H3,(H,18,19);5-7,10,12H,4,8-9H2,1-3H3,(H,15,16). The molecule has 3 atom stereocenters. The average Bonchev–Trinajstić information content (AvgIpc) is 3.74. The largest absolute Gasteiger partial charge is 0.464 e. The summed E-state index contributed by atoms with van der Waals surface area (Å²) in [6.45, 7) is 18.1. The summed E-state index contributed by atoms with van der Waals surface area (Å²) < 4.78 is 54.3. The summed E-state index contributed by atoms with van der Waals surface area (Å²) in [5.41, 5.74) is 0.316. The van der Waals surface area contributed by atoms with Gasteiger partial charge in [0.25, 0.3) is 0 Å². The van der Waals surface area contributed by atoms with Crippen LogP contribution in [0.3, 0.4) is 0 Å². The van der Waals surface area contributed by atoms with Gasteiger partial charge in [0.2, 0.25) is 17.7 Å². The number of alkyl halides is 3. The van der Waals surface area contributed by atoms with Gasteiger partial charge in [-0.25, -0.2) is 14.4 Å². The molecule has 1 heterocycles. The molecule has 0 spiro atoms. The van der Waals surface area contributed by atoms with Gasteiger partial charge >= 0.3 is 24.1 Å². The molecule has 3 N–H and O–H groups in total. The first-order chi connectivity index (χ1) is 30.1. The Morgan fingerprint density at radius 3 is 1.31 bits per heavy atom. The molecule has 356 valence electrons. The molecule has 0 fully saturated rings. The number of nitrogens with one attached hydrogen (secondary N) is 3. The first-order valence-corrected chi connectivity index (χ1v) is 23.1. The number of hydrogen-bond donors (Lipinski definition) is 3. The second kappa shape index (κ2) is 30.4. The third-order valence-corrected chi connectivity index (χ3v) is 9.92. The van der Waals surface area contributed by atoms with Crippen LogP contribution in [0.1, 0.15) is 103 Å². The van der Waals surface area contributed by atoms with Crippen LogP contribution in [0.25, 0.3) is 0 Å². The first kappa shape index (κ1) is 57.2. The zero-order valence-electron chi connectivity index (χ0n) is 38.3. The number of hydrogen-bond acceptors (Lipinski definition) is 10. The molecule has 3 unspecified atom stereocenters. The highest BCUT2D eigenvalue weighted by Gasteiger charge is 2.31. The van der Waals surface area contributed by atoms with Crippen LogP contribution in [-0.4, -0.2) is 73.6 Å². The van der Waals surface area contributed by atoms with Crippen LogP contribution in [0.4, 0.5) is 13.2 Å². The van der Waals surface area contributed by atoms with E-state index in [1.165, 1.54) is 23.5 Å². The van der Waals surface area contributed by atoms with E-state index in [2.05, 4.69) is 31.9 Å². The van der Waals surface area contributed by atoms with Crippen LogP contribution in [0, 0.1) is 17.8 Å². The van der Waals surface area contributed by atoms with Crippen molar-refractivity contribution in [3.05, 3.63) is 92.1 Å². The van der Waals surface area contributed by atoms with E-state index in [9.17, 15) is 41.9 Å². The quantitative estimate of drug-likeness (QED) is 0.0699. The number of thiophene rings is 1. The second-order valence-corrected chi connectivity index (χ2v) is 18.0. The molecule has 0 saturated heterocycles. The average molecular weight is 985 g/mol. The minimum atomic E-state index is -4.46.